The maximum Gasteiger partial charge on any atom is 0.260 e. The molecule has 1 aromatic rings. The lowest BCUT2D eigenvalue weighted by atomic mass is 9.82. The molecule has 4 aliphatic rings. The zero-order valence-electron chi connectivity index (χ0n) is 16.8. The van der Waals surface area contributed by atoms with Gasteiger partial charge in [-0.15, -0.1) is 0 Å². The van der Waals surface area contributed by atoms with Gasteiger partial charge in [-0.2, -0.15) is 0 Å². The largest absolute Gasteiger partial charge is 0.467 e. The van der Waals surface area contributed by atoms with Crippen molar-refractivity contribution in [2.75, 3.05) is 26.0 Å². The summed E-state index contributed by atoms with van der Waals surface area (Å²) in [6, 6.07) is -0.696. The third kappa shape index (κ3) is 4.54. The van der Waals surface area contributed by atoms with Crippen molar-refractivity contribution in [3.63, 3.8) is 0 Å². The van der Waals surface area contributed by atoms with Crippen molar-refractivity contribution >= 4 is 15.9 Å². The van der Waals surface area contributed by atoms with Gasteiger partial charge in [0.15, 0.2) is 6.61 Å². The normalized spacial score (nSPS) is 30.6. The van der Waals surface area contributed by atoms with Crippen molar-refractivity contribution in [2.24, 2.45) is 0 Å². The molecule has 1 saturated heterocycles. The van der Waals surface area contributed by atoms with Crippen molar-refractivity contribution in [3.8, 4) is 5.88 Å². The molecule has 29 heavy (non-hydrogen) atoms. The van der Waals surface area contributed by atoms with Crippen LogP contribution in [-0.4, -0.2) is 73.4 Å². The number of ether oxygens (including phenoxy) is 2. The Kier molecular flexibility index (Phi) is 5.76. The van der Waals surface area contributed by atoms with Crippen LogP contribution in [0, 0.1) is 6.92 Å². The van der Waals surface area contributed by atoms with Crippen LogP contribution in [-0.2, 0) is 19.6 Å². The minimum atomic E-state index is -3.38. The number of carbonyl (C=O) groups is 1. The van der Waals surface area contributed by atoms with E-state index < -0.39 is 10.0 Å². The summed E-state index contributed by atoms with van der Waals surface area (Å²) in [4.78, 5) is 23.2. The highest BCUT2D eigenvalue weighted by molar-refractivity contribution is 7.88. The van der Waals surface area contributed by atoms with Gasteiger partial charge in [0.25, 0.3) is 5.91 Å². The summed E-state index contributed by atoms with van der Waals surface area (Å²) in [5, 5.41) is 0. The minimum absolute atomic E-state index is 0.109. The minimum Gasteiger partial charge on any atom is -0.467 e. The molecule has 2 atom stereocenters. The van der Waals surface area contributed by atoms with Crippen molar-refractivity contribution in [2.45, 2.75) is 63.1 Å². The number of hydrogen-bond donors (Lipinski definition) is 1. The van der Waals surface area contributed by atoms with E-state index in [4.69, 9.17) is 9.47 Å². The average Bonchev–Trinajstić information content (AvgIpc) is 3.05. The molecule has 1 aromatic heterocycles. The molecule has 2 fully saturated rings. The van der Waals surface area contributed by atoms with Crippen molar-refractivity contribution in [1.29, 1.82) is 0 Å². The lowest BCUT2D eigenvalue weighted by molar-refractivity contribution is -0.136. The number of nitrogens with zero attached hydrogens (tertiary/aromatic N) is 3. The van der Waals surface area contributed by atoms with Crippen LogP contribution in [0.5, 0.6) is 5.88 Å². The summed E-state index contributed by atoms with van der Waals surface area (Å²) in [6.45, 7) is 2.60. The van der Waals surface area contributed by atoms with Gasteiger partial charge in [-0.25, -0.2) is 23.1 Å². The van der Waals surface area contributed by atoms with Crippen LogP contribution in [0.1, 0.15) is 49.3 Å². The first-order valence-electron chi connectivity index (χ1n) is 10.1. The average molecular weight is 425 g/mol. The Hall–Kier alpha value is -1.78. The van der Waals surface area contributed by atoms with Gasteiger partial charge in [-0.3, -0.25) is 4.79 Å². The molecule has 3 aliphatic heterocycles. The number of aryl methyl sites for hydroxylation is 1. The maximum absolute atomic E-state index is 12.9. The second kappa shape index (κ2) is 8.16. The molecule has 1 saturated carbocycles. The molecule has 160 valence electrons. The standard InChI is InChI=1S/C19H28N4O5S/c1-12-18-13-3-5-14(6-4-13)27-9-16-15(22-29(2,25)26)7-8-23(16)17(24)10-28-19(18)21-11-20-12/h11,13-16,22H,3-10H2,1-2H3/t13-,14+,15-,16?/m0/s1. The molecule has 9 nitrogen and oxygen atoms in total. The van der Waals surface area contributed by atoms with E-state index in [-0.39, 0.29) is 30.7 Å². The first-order valence-corrected chi connectivity index (χ1v) is 12.0. The monoisotopic (exact) mass is 424 g/mol. The number of fused-ring (bicyclic) bond motifs is 5. The van der Waals surface area contributed by atoms with Gasteiger partial charge in [-0.1, -0.05) is 0 Å². The van der Waals surface area contributed by atoms with Crippen LogP contribution < -0.4 is 9.46 Å². The molecule has 1 amide bonds. The number of hydrogen-bond acceptors (Lipinski definition) is 7. The van der Waals surface area contributed by atoms with Crippen molar-refractivity contribution < 1.29 is 22.7 Å². The fourth-order valence-electron chi connectivity index (χ4n) is 4.79. The number of sulfonamides is 1. The van der Waals surface area contributed by atoms with Gasteiger partial charge in [0.05, 0.1) is 25.0 Å². The Morgan fingerprint density at radius 1 is 1.17 bits per heavy atom. The summed E-state index contributed by atoms with van der Waals surface area (Å²) < 4.78 is 38.2. The predicted octanol–water partition coefficient (Wildman–Crippen LogP) is 0.739. The van der Waals surface area contributed by atoms with Crippen molar-refractivity contribution in [1.82, 2.24) is 19.6 Å². The summed E-state index contributed by atoms with van der Waals surface area (Å²) in [7, 11) is -3.38. The molecule has 0 aromatic carbocycles. The second-order valence-electron chi connectivity index (χ2n) is 8.21. The number of aromatic nitrogens is 2. The van der Waals surface area contributed by atoms with Gasteiger partial charge < -0.3 is 14.4 Å². The third-order valence-electron chi connectivity index (χ3n) is 6.20. The molecule has 10 heteroatoms. The Balaban J connectivity index is 1.61. The lowest BCUT2D eigenvalue weighted by Gasteiger charge is -2.32. The first kappa shape index (κ1) is 20.5. The predicted molar refractivity (Wildman–Crippen MR) is 105 cm³/mol. The molecule has 5 rings (SSSR count). The quantitative estimate of drug-likeness (QED) is 0.745. The number of nitrogens with one attached hydrogen (secondary N) is 1. The molecule has 1 unspecified atom stereocenters. The maximum atomic E-state index is 12.9. The summed E-state index contributed by atoms with van der Waals surface area (Å²) in [5.41, 5.74) is 1.88. The van der Waals surface area contributed by atoms with E-state index in [0.29, 0.717) is 31.4 Å². The highest BCUT2D eigenvalue weighted by Crippen LogP contribution is 2.39. The van der Waals surface area contributed by atoms with E-state index in [1.165, 1.54) is 6.33 Å². The Morgan fingerprint density at radius 2 is 1.93 bits per heavy atom. The van der Waals surface area contributed by atoms with Crippen molar-refractivity contribution in [3.05, 3.63) is 17.6 Å². The first-order chi connectivity index (χ1) is 13.8. The molecular formula is C19H28N4O5S. The second-order valence-corrected chi connectivity index (χ2v) is 9.99. The zero-order chi connectivity index (χ0) is 20.6. The van der Waals surface area contributed by atoms with Crippen LogP contribution in [0.3, 0.4) is 0 Å². The lowest BCUT2D eigenvalue weighted by Crippen LogP contribution is -2.50. The SMILES string of the molecule is Cc1ncnc2c1[C@H]1CC[C@H](CC1)OCC1[C@@H](NS(C)(=O)=O)CCN1C(=O)CO2. The summed E-state index contributed by atoms with van der Waals surface area (Å²) in [6.07, 6.45) is 6.98. The molecule has 0 spiro atoms. The van der Waals surface area contributed by atoms with Gasteiger partial charge in [0.2, 0.25) is 15.9 Å². The molecule has 2 bridgehead atoms. The fourth-order valence-corrected chi connectivity index (χ4v) is 5.62. The Bertz CT molecular complexity index is 869. The van der Waals surface area contributed by atoms with E-state index in [9.17, 15) is 13.2 Å². The van der Waals surface area contributed by atoms with Crippen LogP contribution in [0.25, 0.3) is 0 Å². The summed E-state index contributed by atoms with van der Waals surface area (Å²) in [5.74, 6) is 0.586. The van der Waals surface area contributed by atoms with Crippen LogP contribution in [0.15, 0.2) is 6.33 Å². The van der Waals surface area contributed by atoms with Gasteiger partial charge in [-0.05, 0) is 44.9 Å². The van der Waals surface area contributed by atoms with Gasteiger partial charge in [0, 0.05) is 23.8 Å². The highest BCUT2D eigenvalue weighted by Gasteiger charge is 2.40. The van der Waals surface area contributed by atoms with E-state index in [1.807, 2.05) is 6.92 Å². The number of carbonyl (C=O) groups excluding carboxylic acids is 1. The van der Waals surface area contributed by atoms with E-state index in [0.717, 1.165) is 43.2 Å². The zero-order valence-corrected chi connectivity index (χ0v) is 17.7. The van der Waals surface area contributed by atoms with Crippen LogP contribution in [0.2, 0.25) is 0 Å². The van der Waals surface area contributed by atoms with E-state index in [2.05, 4.69) is 14.7 Å². The summed E-state index contributed by atoms with van der Waals surface area (Å²) >= 11 is 0. The third-order valence-corrected chi connectivity index (χ3v) is 6.93. The Morgan fingerprint density at radius 3 is 2.66 bits per heavy atom. The van der Waals surface area contributed by atoms with Gasteiger partial charge in [0.1, 0.15) is 6.33 Å². The molecule has 1 aliphatic carbocycles. The van der Waals surface area contributed by atoms with Crippen LogP contribution in [0.4, 0.5) is 0 Å². The fraction of sp³-hybridized carbons (Fsp3) is 0.737. The molecular weight excluding hydrogens is 396 g/mol. The van der Waals surface area contributed by atoms with E-state index in [1.54, 1.807) is 4.90 Å². The molecule has 1 N–H and O–H groups in total. The number of amides is 1. The van der Waals surface area contributed by atoms with E-state index >= 15 is 0 Å². The number of rotatable bonds is 2. The topological polar surface area (TPSA) is 111 Å². The smallest absolute Gasteiger partial charge is 0.260 e. The van der Waals surface area contributed by atoms with Crippen LogP contribution >= 0.6 is 0 Å². The van der Waals surface area contributed by atoms with Gasteiger partial charge >= 0.3 is 0 Å². The highest BCUT2D eigenvalue weighted by atomic mass is 32.2. The Labute approximate surface area is 171 Å². The molecule has 4 heterocycles. The molecule has 0 radical (unpaired) electrons.